The number of hydrogen-bond donors (Lipinski definition) is 1. The summed E-state index contributed by atoms with van der Waals surface area (Å²) in [6, 6.07) is 9.76. The maximum atomic E-state index is 11.9. The summed E-state index contributed by atoms with van der Waals surface area (Å²) >= 11 is 0. The van der Waals surface area contributed by atoms with Gasteiger partial charge in [-0.3, -0.25) is 4.79 Å². The molecule has 0 radical (unpaired) electrons. The lowest BCUT2D eigenvalue weighted by Gasteiger charge is -2.16. The molecule has 0 aliphatic carbocycles. The molecule has 0 saturated heterocycles. The Morgan fingerprint density at radius 3 is 2.42 bits per heavy atom. The molecule has 106 valence electrons. The van der Waals surface area contributed by atoms with E-state index in [9.17, 15) is 9.90 Å². The lowest BCUT2D eigenvalue weighted by atomic mass is 10.0. The molecule has 1 aromatic rings. The molecule has 3 heteroatoms. The van der Waals surface area contributed by atoms with E-state index in [0.717, 1.165) is 5.56 Å². The Kier molecular flexibility index (Phi) is 6.74. The Balaban J connectivity index is 2.32. The van der Waals surface area contributed by atoms with Crippen molar-refractivity contribution >= 4 is 5.78 Å². The van der Waals surface area contributed by atoms with E-state index in [4.69, 9.17) is 4.74 Å². The lowest BCUT2D eigenvalue weighted by molar-refractivity contribution is -0.132. The summed E-state index contributed by atoms with van der Waals surface area (Å²) in [4.78, 5) is 11.9. The van der Waals surface area contributed by atoms with Crippen molar-refractivity contribution in [2.24, 2.45) is 5.92 Å². The molecule has 2 atom stereocenters. The Morgan fingerprint density at radius 1 is 1.21 bits per heavy atom. The molecule has 1 rings (SSSR count). The number of aliphatic hydroxyl groups excluding tert-OH is 1. The van der Waals surface area contributed by atoms with Gasteiger partial charge in [0.2, 0.25) is 0 Å². The first-order chi connectivity index (χ1) is 8.99. The first-order valence-electron chi connectivity index (χ1n) is 6.85. The molecule has 0 unspecified atom stereocenters. The number of Topliss-reactive ketones (excluding diaryl/α,β-unsaturated/α-hetero) is 1. The van der Waals surface area contributed by atoms with Gasteiger partial charge >= 0.3 is 0 Å². The summed E-state index contributed by atoms with van der Waals surface area (Å²) in [7, 11) is 0. The SMILES string of the molecule is CC(C)C[C@@H](O)CC(=O)[C@H](C)OCc1ccccc1. The summed E-state index contributed by atoms with van der Waals surface area (Å²) in [6.07, 6.45) is -0.206. The average Bonchev–Trinajstić information content (AvgIpc) is 2.36. The standard InChI is InChI=1S/C16H24O3/c1-12(2)9-15(17)10-16(18)13(3)19-11-14-7-5-4-6-8-14/h4-8,12-13,15,17H,9-11H2,1-3H3/t13-,15+/m0/s1. The predicted molar refractivity (Wildman–Crippen MR) is 75.8 cm³/mol. The molecule has 0 fully saturated rings. The minimum absolute atomic E-state index is 0.0379. The highest BCUT2D eigenvalue weighted by atomic mass is 16.5. The molecule has 1 N–H and O–H groups in total. The van der Waals surface area contributed by atoms with E-state index in [1.54, 1.807) is 6.92 Å². The Morgan fingerprint density at radius 2 is 1.84 bits per heavy atom. The van der Waals surface area contributed by atoms with Gasteiger partial charge < -0.3 is 9.84 Å². The van der Waals surface area contributed by atoms with Crippen molar-refractivity contribution in [2.45, 2.75) is 52.4 Å². The molecular weight excluding hydrogens is 240 g/mol. The monoisotopic (exact) mass is 264 g/mol. The minimum Gasteiger partial charge on any atom is -0.393 e. The predicted octanol–water partition coefficient (Wildman–Crippen LogP) is 2.96. The van der Waals surface area contributed by atoms with Crippen molar-refractivity contribution in [2.75, 3.05) is 0 Å². The Bertz CT molecular complexity index is 373. The molecule has 19 heavy (non-hydrogen) atoms. The fourth-order valence-corrected chi connectivity index (χ4v) is 1.91. The van der Waals surface area contributed by atoms with Gasteiger partial charge in [-0.05, 0) is 24.8 Å². The van der Waals surface area contributed by atoms with Crippen LogP contribution in [0.3, 0.4) is 0 Å². The van der Waals surface area contributed by atoms with Crippen molar-refractivity contribution in [3.63, 3.8) is 0 Å². The Labute approximate surface area is 115 Å². The van der Waals surface area contributed by atoms with Crippen LogP contribution in [0.4, 0.5) is 0 Å². The lowest BCUT2D eigenvalue weighted by Crippen LogP contribution is -2.26. The fourth-order valence-electron chi connectivity index (χ4n) is 1.91. The minimum atomic E-state index is -0.560. The largest absolute Gasteiger partial charge is 0.393 e. The summed E-state index contributed by atoms with van der Waals surface area (Å²) in [5.74, 6) is 0.354. The smallest absolute Gasteiger partial charge is 0.163 e. The highest BCUT2D eigenvalue weighted by Gasteiger charge is 2.18. The topological polar surface area (TPSA) is 46.5 Å². The van der Waals surface area contributed by atoms with Crippen LogP contribution in [0, 0.1) is 5.92 Å². The van der Waals surface area contributed by atoms with Crippen LogP contribution in [0.1, 0.15) is 39.2 Å². The number of carbonyl (C=O) groups excluding carboxylic acids is 1. The van der Waals surface area contributed by atoms with Crippen LogP contribution in [-0.4, -0.2) is 23.1 Å². The van der Waals surface area contributed by atoms with Crippen LogP contribution in [-0.2, 0) is 16.1 Å². The summed E-state index contributed by atoms with van der Waals surface area (Å²) in [6.45, 7) is 6.23. The third-order valence-electron chi connectivity index (χ3n) is 2.98. The molecule has 0 amide bonds. The van der Waals surface area contributed by atoms with E-state index in [-0.39, 0.29) is 12.2 Å². The zero-order valence-corrected chi connectivity index (χ0v) is 12.0. The van der Waals surface area contributed by atoms with Gasteiger partial charge in [-0.1, -0.05) is 44.2 Å². The number of rotatable bonds is 8. The first-order valence-corrected chi connectivity index (χ1v) is 6.85. The van der Waals surface area contributed by atoms with Crippen LogP contribution in [0.2, 0.25) is 0 Å². The van der Waals surface area contributed by atoms with Gasteiger partial charge in [0, 0.05) is 6.42 Å². The number of aliphatic hydroxyl groups is 1. The quantitative estimate of drug-likeness (QED) is 0.785. The maximum absolute atomic E-state index is 11.9. The van der Waals surface area contributed by atoms with Crippen LogP contribution in [0.5, 0.6) is 0 Å². The van der Waals surface area contributed by atoms with Crippen molar-refractivity contribution in [1.82, 2.24) is 0 Å². The van der Waals surface area contributed by atoms with Crippen molar-refractivity contribution in [3.8, 4) is 0 Å². The molecule has 0 aromatic heterocycles. The van der Waals surface area contributed by atoms with Crippen LogP contribution in [0.15, 0.2) is 30.3 Å². The summed E-state index contributed by atoms with van der Waals surface area (Å²) in [5, 5.41) is 9.75. The van der Waals surface area contributed by atoms with Crippen LogP contribution >= 0.6 is 0 Å². The van der Waals surface area contributed by atoms with E-state index in [2.05, 4.69) is 0 Å². The molecular formula is C16H24O3. The maximum Gasteiger partial charge on any atom is 0.163 e. The van der Waals surface area contributed by atoms with Gasteiger partial charge in [-0.2, -0.15) is 0 Å². The van der Waals surface area contributed by atoms with Crippen LogP contribution in [0.25, 0.3) is 0 Å². The van der Waals surface area contributed by atoms with Gasteiger partial charge in [0.25, 0.3) is 0 Å². The van der Waals surface area contributed by atoms with Crippen molar-refractivity contribution < 1.29 is 14.6 Å². The molecule has 0 heterocycles. The number of benzene rings is 1. The van der Waals surface area contributed by atoms with E-state index in [1.165, 1.54) is 0 Å². The van der Waals surface area contributed by atoms with E-state index in [0.29, 0.717) is 18.9 Å². The first kappa shape index (κ1) is 15.9. The number of hydrogen-bond acceptors (Lipinski definition) is 3. The zero-order valence-electron chi connectivity index (χ0n) is 12.0. The molecule has 0 saturated carbocycles. The van der Waals surface area contributed by atoms with Gasteiger partial charge in [0.1, 0.15) is 6.10 Å². The third kappa shape index (κ3) is 6.50. The summed E-state index contributed by atoms with van der Waals surface area (Å²) < 4.78 is 5.54. The second kappa shape index (κ2) is 8.08. The average molecular weight is 264 g/mol. The highest BCUT2D eigenvalue weighted by molar-refractivity contribution is 5.83. The fraction of sp³-hybridized carbons (Fsp3) is 0.562. The molecule has 0 spiro atoms. The third-order valence-corrected chi connectivity index (χ3v) is 2.98. The van der Waals surface area contributed by atoms with Gasteiger partial charge in [-0.15, -0.1) is 0 Å². The highest BCUT2D eigenvalue weighted by Crippen LogP contribution is 2.11. The normalized spacial score (nSPS) is 14.4. The molecule has 0 aliphatic rings. The molecule has 0 bridgehead atoms. The molecule has 3 nitrogen and oxygen atoms in total. The van der Waals surface area contributed by atoms with Gasteiger partial charge in [0.15, 0.2) is 5.78 Å². The van der Waals surface area contributed by atoms with Crippen LogP contribution < -0.4 is 0 Å². The summed E-state index contributed by atoms with van der Waals surface area (Å²) in [5.41, 5.74) is 1.05. The van der Waals surface area contributed by atoms with E-state index in [1.807, 2.05) is 44.2 Å². The zero-order chi connectivity index (χ0) is 14.3. The van der Waals surface area contributed by atoms with E-state index < -0.39 is 12.2 Å². The number of ether oxygens (including phenoxy) is 1. The van der Waals surface area contributed by atoms with Crippen molar-refractivity contribution in [1.29, 1.82) is 0 Å². The molecule has 0 aliphatic heterocycles. The second-order valence-electron chi connectivity index (χ2n) is 5.39. The Hall–Kier alpha value is -1.19. The van der Waals surface area contributed by atoms with Gasteiger partial charge in [0.05, 0.1) is 12.7 Å². The number of carbonyl (C=O) groups is 1. The van der Waals surface area contributed by atoms with Crippen molar-refractivity contribution in [3.05, 3.63) is 35.9 Å². The number of ketones is 1. The molecule has 1 aromatic carbocycles. The van der Waals surface area contributed by atoms with E-state index >= 15 is 0 Å². The van der Waals surface area contributed by atoms with Gasteiger partial charge in [-0.25, -0.2) is 0 Å². The second-order valence-corrected chi connectivity index (χ2v) is 5.39.